The molecule has 4 aromatic rings. The Balaban J connectivity index is 1.79. The van der Waals surface area contributed by atoms with E-state index in [1.54, 1.807) is 49.6 Å². The van der Waals surface area contributed by atoms with Crippen molar-refractivity contribution in [3.8, 4) is 11.5 Å². The monoisotopic (exact) mass is 543 g/mol. The minimum absolute atomic E-state index is 0.0104. The molecule has 1 unspecified atom stereocenters. The zero-order chi connectivity index (χ0) is 25.4. The number of carbonyl (C=O) groups is 2. The maximum Gasteiger partial charge on any atom is 0.300 e. The molecule has 1 saturated heterocycles. The van der Waals surface area contributed by atoms with Crippen LogP contribution in [0.25, 0.3) is 16.5 Å². The second-order valence-electron chi connectivity index (χ2n) is 8.29. The number of carbonyl (C=O) groups excluding carboxylic acids is 2. The predicted molar refractivity (Wildman–Crippen MR) is 142 cm³/mol. The van der Waals surface area contributed by atoms with Gasteiger partial charge in [0, 0.05) is 17.3 Å². The number of rotatable bonds is 5. The number of methoxy groups -OCH3 is 2. The highest BCUT2D eigenvalue weighted by molar-refractivity contribution is 9.10. The molecule has 1 aliphatic rings. The number of hydrogen-bond donors (Lipinski definition) is 1. The van der Waals surface area contributed by atoms with E-state index in [0.717, 1.165) is 16.3 Å². The maximum atomic E-state index is 13.5. The molecule has 0 aromatic heterocycles. The summed E-state index contributed by atoms with van der Waals surface area (Å²) in [5, 5.41) is 13.3. The van der Waals surface area contributed by atoms with E-state index in [4.69, 9.17) is 9.47 Å². The number of halogens is 1. The van der Waals surface area contributed by atoms with Crippen molar-refractivity contribution >= 4 is 49.8 Å². The quantitative estimate of drug-likeness (QED) is 0.183. The van der Waals surface area contributed by atoms with Crippen molar-refractivity contribution in [2.45, 2.75) is 6.04 Å². The fourth-order valence-corrected chi connectivity index (χ4v) is 5.15. The van der Waals surface area contributed by atoms with E-state index < -0.39 is 17.7 Å². The first-order chi connectivity index (χ1) is 17.4. The van der Waals surface area contributed by atoms with E-state index in [-0.39, 0.29) is 11.3 Å². The summed E-state index contributed by atoms with van der Waals surface area (Å²) in [5.74, 6) is -0.630. The van der Waals surface area contributed by atoms with Crippen molar-refractivity contribution in [1.29, 1.82) is 0 Å². The molecule has 0 bridgehead atoms. The third-order valence-corrected chi connectivity index (χ3v) is 6.94. The Morgan fingerprint density at radius 1 is 0.889 bits per heavy atom. The SMILES string of the molecule is COc1cccc(N2C(=O)C(=O)/C(=C(\O)c3ccc(OC)c(Br)c3)C2c2cccc3ccccc23)c1. The molecule has 1 N–H and O–H groups in total. The fraction of sp³-hybridized carbons (Fsp3) is 0.103. The fourth-order valence-electron chi connectivity index (χ4n) is 4.61. The van der Waals surface area contributed by atoms with Gasteiger partial charge in [0.15, 0.2) is 0 Å². The second kappa shape index (κ2) is 9.51. The lowest BCUT2D eigenvalue weighted by atomic mass is 9.91. The van der Waals surface area contributed by atoms with Crippen LogP contribution >= 0.6 is 15.9 Å². The number of aliphatic hydroxyl groups excluding tert-OH is 1. The van der Waals surface area contributed by atoms with Crippen molar-refractivity contribution in [3.63, 3.8) is 0 Å². The summed E-state index contributed by atoms with van der Waals surface area (Å²) < 4.78 is 11.3. The van der Waals surface area contributed by atoms with E-state index >= 15 is 0 Å². The smallest absolute Gasteiger partial charge is 0.300 e. The van der Waals surface area contributed by atoms with Crippen LogP contribution in [0.3, 0.4) is 0 Å². The Bertz CT molecular complexity index is 1540. The van der Waals surface area contributed by atoms with Crippen LogP contribution < -0.4 is 14.4 Å². The molecule has 0 saturated carbocycles. The van der Waals surface area contributed by atoms with Crippen LogP contribution in [0, 0.1) is 0 Å². The average Bonchev–Trinajstić information content (AvgIpc) is 3.17. The Morgan fingerprint density at radius 3 is 2.39 bits per heavy atom. The largest absolute Gasteiger partial charge is 0.507 e. The minimum Gasteiger partial charge on any atom is -0.507 e. The highest BCUT2D eigenvalue weighted by atomic mass is 79.9. The minimum atomic E-state index is -0.857. The number of nitrogens with zero attached hydrogens (tertiary/aromatic N) is 1. The van der Waals surface area contributed by atoms with E-state index in [1.165, 1.54) is 12.0 Å². The summed E-state index contributed by atoms with van der Waals surface area (Å²) in [7, 11) is 3.08. The molecule has 1 atom stereocenters. The lowest BCUT2D eigenvalue weighted by Crippen LogP contribution is -2.29. The van der Waals surface area contributed by atoms with E-state index in [0.29, 0.717) is 27.2 Å². The predicted octanol–water partition coefficient (Wildman–Crippen LogP) is 6.25. The highest BCUT2D eigenvalue weighted by Crippen LogP contribution is 2.45. The number of hydrogen-bond acceptors (Lipinski definition) is 5. The number of ketones is 1. The van der Waals surface area contributed by atoms with Gasteiger partial charge in [0.1, 0.15) is 17.3 Å². The number of amides is 1. The molecule has 7 heteroatoms. The van der Waals surface area contributed by atoms with Gasteiger partial charge in [-0.05, 0) is 62.6 Å². The Labute approximate surface area is 216 Å². The summed E-state index contributed by atoms with van der Waals surface area (Å²) in [6, 6.07) is 24.6. The molecule has 6 nitrogen and oxygen atoms in total. The third-order valence-electron chi connectivity index (χ3n) is 6.32. The normalized spacial score (nSPS) is 17.0. The van der Waals surface area contributed by atoms with Gasteiger partial charge < -0.3 is 14.6 Å². The van der Waals surface area contributed by atoms with Crippen LogP contribution in [0.2, 0.25) is 0 Å². The highest BCUT2D eigenvalue weighted by Gasteiger charge is 2.47. The van der Waals surface area contributed by atoms with Gasteiger partial charge in [0.25, 0.3) is 11.7 Å². The summed E-state index contributed by atoms with van der Waals surface area (Å²) in [6.07, 6.45) is 0. The van der Waals surface area contributed by atoms with Gasteiger partial charge in [-0.25, -0.2) is 0 Å². The van der Waals surface area contributed by atoms with Crippen LogP contribution in [0.5, 0.6) is 11.5 Å². The lowest BCUT2D eigenvalue weighted by molar-refractivity contribution is -0.132. The molecule has 1 heterocycles. The topological polar surface area (TPSA) is 76.1 Å². The summed E-state index contributed by atoms with van der Waals surface area (Å²) in [4.78, 5) is 28.4. The zero-order valence-electron chi connectivity index (χ0n) is 19.6. The Morgan fingerprint density at radius 2 is 1.64 bits per heavy atom. The van der Waals surface area contributed by atoms with Crippen LogP contribution in [0.1, 0.15) is 17.2 Å². The number of Topliss-reactive ketones (excluding diaryl/α,β-unsaturated/α-hetero) is 1. The lowest BCUT2D eigenvalue weighted by Gasteiger charge is -2.26. The number of anilines is 1. The molecular formula is C29H22BrNO5. The molecule has 180 valence electrons. The molecule has 1 aliphatic heterocycles. The molecule has 4 aromatic carbocycles. The van der Waals surface area contributed by atoms with Gasteiger partial charge in [-0.15, -0.1) is 0 Å². The third kappa shape index (κ3) is 3.91. The van der Waals surface area contributed by atoms with Gasteiger partial charge in [0.05, 0.1) is 30.3 Å². The summed E-state index contributed by atoms with van der Waals surface area (Å²) in [5.41, 5.74) is 1.61. The first-order valence-corrected chi connectivity index (χ1v) is 12.0. The summed E-state index contributed by atoms with van der Waals surface area (Å²) >= 11 is 3.43. The molecule has 1 amide bonds. The van der Waals surface area contributed by atoms with Crippen LogP contribution in [-0.2, 0) is 9.59 Å². The van der Waals surface area contributed by atoms with Crippen LogP contribution in [-0.4, -0.2) is 31.0 Å². The molecule has 1 fully saturated rings. The molecule has 0 spiro atoms. The van der Waals surface area contributed by atoms with Gasteiger partial charge >= 0.3 is 0 Å². The first kappa shape index (κ1) is 23.6. The van der Waals surface area contributed by atoms with Crippen molar-refractivity contribution in [2.24, 2.45) is 0 Å². The number of fused-ring (bicyclic) bond motifs is 1. The molecule has 0 radical (unpaired) electrons. The van der Waals surface area contributed by atoms with Crippen molar-refractivity contribution in [2.75, 3.05) is 19.1 Å². The average molecular weight is 544 g/mol. The van der Waals surface area contributed by atoms with E-state index in [9.17, 15) is 14.7 Å². The van der Waals surface area contributed by atoms with Crippen LogP contribution in [0.4, 0.5) is 5.69 Å². The van der Waals surface area contributed by atoms with Gasteiger partial charge in [-0.3, -0.25) is 14.5 Å². The number of ether oxygens (including phenoxy) is 2. The molecule has 36 heavy (non-hydrogen) atoms. The van der Waals surface area contributed by atoms with Crippen molar-refractivity contribution < 1.29 is 24.2 Å². The Kier molecular flexibility index (Phi) is 6.24. The second-order valence-corrected chi connectivity index (χ2v) is 9.14. The molecular weight excluding hydrogens is 522 g/mol. The number of benzene rings is 4. The molecule has 5 rings (SSSR count). The van der Waals surface area contributed by atoms with Crippen molar-refractivity contribution in [1.82, 2.24) is 0 Å². The zero-order valence-corrected chi connectivity index (χ0v) is 21.2. The van der Waals surface area contributed by atoms with E-state index in [2.05, 4.69) is 15.9 Å². The maximum absolute atomic E-state index is 13.5. The van der Waals surface area contributed by atoms with Crippen molar-refractivity contribution in [3.05, 3.63) is 106 Å². The van der Waals surface area contributed by atoms with Gasteiger partial charge in [-0.2, -0.15) is 0 Å². The number of aliphatic hydroxyl groups is 1. The molecule has 0 aliphatic carbocycles. The standard InChI is InChI=1S/C29H22BrNO5/c1-35-20-10-6-9-19(16-20)31-26(22-12-5-8-17-7-3-4-11-21(17)22)25(28(33)29(31)34)27(32)18-13-14-24(36-2)23(30)15-18/h3-16,26,32H,1-2H3/b27-25-. The van der Waals surface area contributed by atoms with Gasteiger partial charge in [-0.1, -0.05) is 48.5 Å². The Hall–Kier alpha value is -4.10. The van der Waals surface area contributed by atoms with Crippen LogP contribution in [0.15, 0.2) is 95.0 Å². The summed E-state index contributed by atoms with van der Waals surface area (Å²) in [6.45, 7) is 0. The first-order valence-electron chi connectivity index (χ1n) is 11.2. The van der Waals surface area contributed by atoms with E-state index in [1.807, 2.05) is 42.5 Å². The van der Waals surface area contributed by atoms with Gasteiger partial charge in [0.2, 0.25) is 0 Å².